The molecule has 3 N–H and O–H groups in total. The molecule has 1 heterocycles. The van der Waals surface area contributed by atoms with Crippen molar-refractivity contribution in [2.75, 3.05) is 11.9 Å². The number of hydrogen-bond donors (Lipinski definition) is 2. The van der Waals surface area contributed by atoms with Crippen LogP contribution >= 0.6 is 22.9 Å². The normalized spacial score (nSPS) is 15.0. The largest absolute Gasteiger partial charge is 0.455 e. The molecule has 0 spiro atoms. The van der Waals surface area contributed by atoms with Crippen LogP contribution in [0, 0.1) is 0 Å². The van der Waals surface area contributed by atoms with Crippen molar-refractivity contribution < 1.29 is 19.1 Å². The van der Waals surface area contributed by atoms with Gasteiger partial charge in [-0.1, -0.05) is 30.2 Å². The third-order valence-corrected chi connectivity index (χ3v) is 5.59. The smallest absolute Gasteiger partial charge is 0.317 e. The Hall–Kier alpha value is -2.38. The van der Waals surface area contributed by atoms with Gasteiger partial charge in [-0.2, -0.15) is 0 Å². The summed E-state index contributed by atoms with van der Waals surface area (Å²) >= 11 is 7.08. The second-order valence-corrected chi connectivity index (χ2v) is 7.45. The first-order chi connectivity index (χ1) is 12.4. The topological polar surface area (TPSA) is 98.5 Å². The molecule has 1 saturated carbocycles. The zero-order valence-electron chi connectivity index (χ0n) is 13.8. The van der Waals surface area contributed by atoms with E-state index in [1.165, 1.54) is 17.4 Å². The molecule has 1 aromatic carbocycles. The number of esters is 1. The van der Waals surface area contributed by atoms with Crippen molar-refractivity contribution in [3.63, 3.8) is 0 Å². The molecule has 0 aliphatic heterocycles. The Bertz CT molecular complexity index is 843. The molecule has 0 radical (unpaired) electrons. The van der Waals surface area contributed by atoms with E-state index in [2.05, 4.69) is 5.32 Å². The summed E-state index contributed by atoms with van der Waals surface area (Å²) in [4.78, 5) is 35.9. The summed E-state index contributed by atoms with van der Waals surface area (Å²) in [5, 5.41) is 5.13. The highest BCUT2D eigenvalue weighted by molar-refractivity contribution is 7.14. The van der Waals surface area contributed by atoms with Gasteiger partial charge in [0.1, 0.15) is 5.00 Å². The zero-order chi connectivity index (χ0) is 18.7. The maximum atomic E-state index is 12.6. The summed E-state index contributed by atoms with van der Waals surface area (Å²) in [6.07, 6.45) is 2.26. The standard InChI is InChI=1S/C18H17ClN2O4S/c19-12-4-2-11(3-5-12)18(7-1-8-18)17(24)25-10-14(22)21-16-13(15(20)23)6-9-26-16/h2-6,9H,1,7-8,10H2,(H2,20,23)(H,21,22). The number of hydrogen-bond acceptors (Lipinski definition) is 5. The molecule has 136 valence electrons. The predicted molar refractivity (Wildman–Crippen MR) is 99.4 cm³/mol. The van der Waals surface area contributed by atoms with Gasteiger partial charge in [-0.25, -0.2) is 0 Å². The van der Waals surface area contributed by atoms with Gasteiger partial charge in [-0.3, -0.25) is 14.4 Å². The highest BCUT2D eigenvalue weighted by Gasteiger charge is 2.47. The fourth-order valence-electron chi connectivity index (χ4n) is 2.94. The summed E-state index contributed by atoms with van der Waals surface area (Å²) in [5.74, 6) is -1.58. The number of amides is 2. The number of carbonyl (C=O) groups excluding carboxylic acids is 3. The molecule has 1 aliphatic rings. The van der Waals surface area contributed by atoms with Crippen molar-refractivity contribution in [2.45, 2.75) is 24.7 Å². The van der Waals surface area contributed by atoms with Gasteiger partial charge >= 0.3 is 5.97 Å². The number of rotatable bonds is 6. The Labute approximate surface area is 159 Å². The number of anilines is 1. The summed E-state index contributed by atoms with van der Waals surface area (Å²) in [5.41, 5.74) is 5.59. The fraction of sp³-hybridized carbons (Fsp3) is 0.278. The lowest BCUT2D eigenvalue weighted by Crippen LogP contribution is -2.44. The second-order valence-electron chi connectivity index (χ2n) is 6.09. The molecule has 2 amide bonds. The van der Waals surface area contributed by atoms with Gasteiger partial charge in [0.25, 0.3) is 11.8 Å². The molecule has 2 aromatic rings. The Balaban J connectivity index is 1.62. The number of benzene rings is 1. The number of nitrogens with one attached hydrogen (secondary N) is 1. The van der Waals surface area contributed by atoms with Gasteiger partial charge in [-0.05, 0) is 42.0 Å². The average Bonchev–Trinajstić information content (AvgIpc) is 3.02. The van der Waals surface area contributed by atoms with Crippen molar-refractivity contribution in [1.29, 1.82) is 0 Å². The lowest BCUT2D eigenvalue weighted by molar-refractivity contribution is -0.156. The number of ether oxygens (including phenoxy) is 1. The lowest BCUT2D eigenvalue weighted by atomic mass is 9.64. The molecule has 1 fully saturated rings. The van der Waals surface area contributed by atoms with Crippen LogP contribution in [0.25, 0.3) is 0 Å². The van der Waals surface area contributed by atoms with Crippen molar-refractivity contribution in [3.05, 3.63) is 51.9 Å². The Morgan fingerprint density at radius 2 is 1.88 bits per heavy atom. The summed E-state index contributed by atoms with van der Waals surface area (Å²) in [6, 6.07) is 8.62. The third-order valence-electron chi connectivity index (χ3n) is 4.51. The SMILES string of the molecule is NC(=O)c1ccsc1NC(=O)COC(=O)C1(c2ccc(Cl)cc2)CCC1. The molecule has 6 nitrogen and oxygen atoms in total. The highest BCUT2D eigenvalue weighted by atomic mass is 35.5. The van der Waals surface area contributed by atoms with E-state index in [9.17, 15) is 14.4 Å². The number of nitrogens with two attached hydrogens (primary N) is 1. The molecule has 0 unspecified atom stereocenters. The Morgan fingerprint density at radius 3 is 2.46 bits per heavy atom. The number of thiophene rings is 1. The van der Waals surface area contributed by atoms with E-state index in [-0.39, 0.29) is 5.56 Å². The van der Waals surface area contributed by atoms with Crippen LogP contribution in [0.3, 0.4) is 0 Å². The quantitative estimate of drug-likeness (QED) is 0.738. The third kappa shape index (κ3) is 3.59. The lowest BCUT2D eigenvalue weighted by Gasteiger charge is -2.39. The van der Waals surface area contributed by atoms with E-state index in [1.54, 1.807) is 17.5 Å². The molecule has 26 heavy (non-hydrogen) atoms. The summed E-state index contributed by atoms with van der Waals surface area (Å²) in [6.45, 7) is -0.426. The average molecular weight is 393 g/mol. The van der Waals surface area contributed by atoms with Crippen molar-refractivity contribution >= 4 is 45.7 Å². The number of carbonyl (C=O) groups is 3. The van der Waals surface area contributed by atoms with Crippen LogP contribution < -0.4 is 11.1 Å². The maximum absolute atomic E-state index is 12.6. The van der Waals surface area contributed by atoms with Crippen LogP contribution in [-0.4, -0.2) is 24.4 Å². The molecular formula is C18H17ClN2O4S. The van der Waals surface area contributed by atoms with E-state index < -0.39 is 29.8 Å². The van der Waals surface area contributed by atoms with Crippen LogP contribution in [0.4, 0.5) is 5.00 Å². The van der Waals surface area contributed by atoms with Crippen molar-refractivity contribution in [3.8, 4) is 0 Å². The van der Waals surface area contributed by atoms with E-state index in [4.69, 9.17) is 22.1 Å². The first-order valence-electron chi connectivity index (χ1n) is 8.03. The van der Waals surface area contributed by atoms with Crippen LogP contribution in [-0.2, 0) is 19.7 Å². The van der Waals surface area contributed by atoms with E-state index in [0.29, 0.717) is 22.9 Å². The van der Waals surface area contributed by atoms with E-state index in [0.717, 1.165) is 12.0 Å². The van der Waals surface area contributed by atoms with Gasteiger partial charge in [0.15, 0.2) is 6.61 Å². The van der Waals surface area contributed by atoms with Gasteiger partial charge < -0.3 is 15.8 Å². The Morgan fingerprint density at radius 1 is 1.19 bits per heavy atom. The minimum Gasteiger partial charge on any atom is -0.455 e. The number of primary amides is 1. The highest BCUT2D eigenvalue weighted by Crippen LogP contribution is 2.45. The van der Waals surface area contributed by atoms with Gasteiger partial charge in [0, 0.05) is 5.02 Å². The number of halogens is 1. The first kappa shape index (κ1) is 18.4. The molecular weight excluding hydrogens is 376 g/mol. The molecule has 1 aliphatic carbocycles. The van der Waals surface area contributed by atoms with E-state index in [1.807, 2.05) is 12.1 Å². The maximum Gasteiger partial charge on any atom is 0.317 e. The second kappa shape index (κ2) is 7.47. The molecule has 0 atom stereocenters. The van der Waals surface area contributed by atoms with Crippen molar-refractivity contribution in [1.82, 2.24) is 0 Å². The molecule has 0 saturated heterocycles. The molecule has 1 aromatic heterocycles. The monoisotopic (exact) mass is 392 g/mol. The fourth-order valence-corrected chi connectivity index (χ4v) is 3.88. The summed E-state index contributed by atoms with van der Waals surface area (Å²) < 4.78 is 5.25. The minimum absolute atomic E-state index is 0.228. The molecule has 0 bridgehead atoms. The first-order valence-corrected chi connectivity index (χ1v) is 9.28. The summed E-state index contributed by atoms with van der Waals surface area (Å²) in [7, 11) is 0. The van der Waals surface area contributed by atoms with Crippen molar-refractivity contribution in [2.24, 2.45) is 5.73 Å². The van der Waals surface area contributed by atoms with Crippen LogP contribution in [0.2, 0.25) is 5.02 Å². The van der Waals surface area contributed by atoms with Crippen LogP contribution in [0.5, 0.6) is 0 Å². The Kier molecular flexibility index (Phi) is 5.29. The predicted octanol–water partition coefficient (Wildman–Crippen LogP) is 3.10. The van der Waals surface area contributed by atoms with Crippen LogP contribution in [0.1, 0.15) is 35.2 Å². The van der Waals surface area contributed by atoms with Crippen LogP contribution in [0.15, 0.2) is 35.7 Å². The van der Waals surface area contributed by atoms with Gasteiger partial charge in [0.2, 0.25) is 0 Å². The molecule has 8 heteroatoms. The van der Waals surface area contributed by atoms with Gasteiger partial charge in [-0.15, -0.1) is 11.3 Å². The van der Waals surface area contributed by atoms with E-state index >= 15 is 0 Å². The zero-order valence-corrected chi connectivity index (χ0v) is 15.4. The molecule has 3 rings (SSSR count). The minimum atomic E-state index is -0.716. The van der Waals surface area contributed by atoms with Gasteiger partial charge in [0.05, 0.1) is 11.0 Å².